The largest absolute Gasteiger partial charge is 0.493 e. The molecule has 0 aliphatic heterocycles. The van der Waals surface area contributed by atoms with E-state index in [9.17, 15) is 9.59 Å². The molecule has 0 spiro atoms. The lowest BCUT2D eigenvalue weighted by molar-refractivity contribution is 0.0691. The van der Waals surface area contributed by atoms with Gasteiger partial charge in [-0.3, -0.25) is 4.79 Å². The number of anilines is 1. The number of hydrogen-bond acceptors (Lipinski definition) is 3. The molecule has 1 aliphatic carbocycles. The molecule has 1 fully saturated rings. The van der Waals surface area contributed by atoms with Crippen molar-refractivity contribution in [3.8, 4) is 5.75 Å². The second kappa shape index (κ2) is 6.79. The van der Waals surface area contributed by atoms with Gasteiger partial charge in [-0.25, -0.2) is 4.79 Å². The van der Waals surface area contributed by atoms with Crippen molar-refractivity contribution >= 4 is 28.5 Å². The fourth-order valence-electron chi connectivity index (χ4n) is 3.00. The van der Waals surface area contributed by atoms with Gasteiger partial charge in [0, 0.05) is 22.2 Å². The first-order chi connectivity index (χ1) is 13.0. The van der Waals surface area contributed by atoms with Crippen molar-refractivity contribution in [1.29, 1.82) is 0 Å². The number of benzene rings is 2. The Kier molecular flexibility index (Phi) is 4.32. The maximum absolute atomic E-state index is 12.5. The number of aromatic amines is 1. The van der Waals surface area contributed by atoms with E-state index in [1.165, 1.54) is 12.8 Å². The van der Waals surface area contributed by atoms with Crippen LogP contribution in [0, 0.1) is 12.8 Å². The van der Waals surface area contributed by atoms with E-state index in [1.54, 1.807) is 42.5 Å². The number of aryl methyl sites for hydroxylation is 1. The minimum Gasteiger partial charge on any atom is -0.493 e. The normalized spacial score (nSPS) is 13.5. The Morgan fingerprint density at radius 1 is 1.19 bits per heavy atom. The van der Waals surface area contributed by atoms with Gasteiger partial charge in [0.05, 0.1) is 6.61 Å². The number of aromatic carboxylic acids is 1. The molecule has 1 saturated carbocycles. The number of hydrogen-bond donors (Lipinski definition) is 3. The van der Waals surface area contributed by atoms with Crippen molar-refractivity contribution in [2.75, 3.05) is 11.9 Å². The molecule has 1 aromatic heterocycles. The Hall–Kier alpha value is -3.28. The van der Waals surface area contributed by atoms with Crippen LogP contribution in [0.15, 0.2) is 42.5 Å². The Morgan fingerprint density at radius 3 is 2.59 bits per heavy atom. The number of carboxylic acids is 1. The monoisotopic (exact) mass is 364 g/mol. The molecule has 0 unspecified atom stereocenters. The number of carbonyl (C=O) groups excluding carboxylic acids is 1. The molecule has 6 nitrogen and oxygen atoms in total. The van der Waals surface area contributed by atoms with Gasteiger partial charge in [-0.2, -0.15) is 0 Å². The highest BCUT2D eigenvalue weighted by atomic mass is 16.5. The first kappa shape index (κ1) is 17.1. The molecule has 3 N–H and O–H groups in total. The van der Waals surface area contributed by atoms with Crippen LogP contribution in [0.3, 0.4) is 0 Å². The molecule has 0 radical (unpaired) electrons. The molecule has 1 amide bonds. The lowest BCUT2D eigenvalue weighted by Gasteiger charge is -2.10. The van der Waals surface area contributed by atoms with Gasteiger partial charge in [-0.1, -0.05) is 0 Å². The second-order valence-electron chi connectivity index (χ2n) is 6.92. The minimum atomic E-state index is -1.01. The lowest BCUT2D eigenvalue weighted by atomic mass is 10.1. The van der Waals surface area contributed by atoms with Crippen molar-refractivity contribution < 1.29 is 19.4 Å². The molecule has 138 valence electrons. The van der Waals surface area contributed by atoms with E-state index >= 15 is 0 Å². The van der Waals surface area contributed by atoms with E-state index < -0.39 is 5.97 Å². The zero-order valence-electron chi connectivity index (χ0n) is 14.9. The smallest absolute Gasteiger partial charge is 0.352 e. The number of amides is 1. The number of rotatable bonds is 6. The molecule has 27 heavy (non-hydrogen) atoms. The standard InChI is InChI=1S/C21H20N2O4/c1-12-16-10-19(21(25)26)22-18(16)9-8-17(12)23-20(24)14-4-6-15(7-5-14)27-11-13-2-3-13/h4-10,13,22H,2-3,11H2,1H3,(H,23,24)(H,25,26). The Balaban J connectivity index is 1.49. The summed E-state index contributed by atoms with van der Waals surface area (Å²) in [6.07, 6.45) is 2.47. The number of fused-ring (bicyclic) bond motifs is 1. The van der Waals surface area contributed by atoms with E-state index in [1.807, 2.05) is 6.92 Å². The van der Waals surface area contributed by atoms with Gasteiger partial charge < -0.3 is 20.1 Å². The van der Waals surface area contributed by atoms with Crippen LogP contribution < -0.4 is 10.1 Å². The topological polar surface area (TPSA) is 91.4 Å². The predicted molar refractivity (Wildman–Crippen MR) is 103 cm³/mol. The average Bonchev–Trinajstić information content (AvgIpc) is 3.38. The predicted octanol–water partition coefficient (Wildman–Crippen LogP) is 4.22. The summed E-state index contributed by atoms with van der Waals surface area (Å²) in [6.45, 7) is 2.59. The van der Waals surface area contributed by atoms with E-state index in [0.29, 0.717) is 17.2 Å². The lowest BCUT2D eigenvalue weighted by Crippen LogP contribution is -2.12. The molecular weight excluding hydrogens is 344 g/mol. The molecule has 1 heterocycles. The van der Waals surface area contributed by atoms with E-state index in [4.69, 9.17) is 9.84 Å². The Labute approximate surface area is 156 Å². The van der Waals surface area contributed by atoms with Gasteiger partial charge >= 0.3 is 5.97 Å². The fourth-order valence-corrected chi connectivity index (χ4v) is 3.00. The van der Waals surface area contributed by atoms with Crippen LogP contribution >= 0.6 is 0 Å². The summed E-state index contributed by atoms with van der Waals surface area (Å²) in [5.74, 6) is 0.214. The van der Waals surface area contributed by atoms with Crippen LogP contribution in [0.5, 0.6) is 5.75 Å². The van der Waals surface area contributed by atoms with Crippen LogP contribution in [0.1, 0.15) is 39.3 Å². The molecule has 6 heteroatoms. The fraction of sp³-hybridized carbons (Fsp3) is 0.238. The zero-order chi connectivity index (χ0) is 19.0. The molecule has 1 aliphatic rings. The van der Waals surface area contributed by atoms with Crippen LogP contribution in [0.4, 0.5) is 5.69 Å². The number of H-pyrrole nitrogens is 1. The Morgan fingerprint density at radius 2 is 1.93 bits per heavy atom. The van der Waals surface area contributed by atoms with Crippen molar-refractivity contribution in [3.63, 3.8) is 0 Å². The number of carboxylic acid groups (broad SMARTS) is 1. The van der Waals surface area contributed by atoms with Crippen molar-refractivity contribution in [1.82, 2.24) is 4.98 Å². The first-order valence-electron chi connectivity index (χ1n) is 8.91. The van der Waals surface area contributed by atoms with Gasteiger partial charge in [-0.05, 0) is 73.7 Å². The summed E-state index contributed by atoms with van der Waals surface area (Å²) in [5.41, 5.74) is 2.85. The van der Waals surface area contributed by atoms with Crippen LogP contribution in [0.25, 0.3) is 10.9 Å². The van der Waals surface area contributed by atoms with Gasteiger partial charge in [0.2, 0.25) is 0 Å². The summed E-state index contributed by atoms with van der Waals surface area (Å²) in [4.78, 5) is 26.5. The molecule has 0 bridgehead atoms. The van der Waals surface area contributed by atoms with Crippen molar-refractivity contribution in [2.24, 2.45) is 5.92 Å². The summed E-state index contributed by atoms with van der Waals surface area (Å²) >= 11 is 0. The summed E-state index contributed by atoms with van der Waals surface area (Å²) in [7, 11) is 0. The van der Waals surface area contributed by atoms with Crippen LogP contribution in [-0.2, 0) is 0 Å². The highest BCUT2D eigenvalue weighted by Crippen LogP contribution is 2.30. The molecule has 0 saturated heterocycles. The third-order valence-corrected chi connectivity index (χ3v) is 4.85. The quantitative estimate of drug-likeness (QED) is 0.611. The number of nitrogens with one attached hydrogen (secondary N) is 2. The zero-order valence-corrected chi connectivity index (χ0v) is 14.9. The molecule has 4 rings (SSSR count). The third kappa shape index (κ3) is 3.65. The van der Waals surface area contributed by atoms with E-state index in [-0.39, 0.29) is 11.6 Å². The highest BCUT2D eigenvalue weighted by molar-refractivity contribution is 6.06. The maximum atomic E-state index is 12.5. The average molecular weight is 364 g/mol. The number of ether oxygens (including phenoxy) is 1. The first-order valence-corrected chi connectivity index (χ1v) is 8.91. The summed E-state index contributed by atoms with van der Waals surface area (Å²) in [6, 6.07) is 12.2. The molecular formula is C21H20N2O4. The number of aromatic nitrogens is 1. The minimum absolute atomic E-state index is 0.123. The SMILES string of the molecule is Cc1c(NC(=O)c2ccc(OCC3CC3)cc2)ccc2[nH]c(C(=O)O)cc12. The van der Waals surface area contributed by atoms with Gasteiger partial charge in [-0.15, -0.1) is 0 Å². The van der Waals surface area contributed by atoms with Crippen molar-refractivity contribution in [3.05, 3.63) is 59.3 Å². The van der Waals surface area contributed by atoms with Crippen LogP contribution in [-0.4, -0.2) is 28.6 Å². The van der Waals surface area contributed by atoms with Gasteiger partial charge in [0.1, 0.15) is 11.4 Å². The van der Waals surface area contributed by atoms with Crippen LogP contribution in [0.2, 0.25) is 0 Å². The second-order valence-corrected chi connectivity index (χ2v) is 6.92. The van der Waals surface area contributed by atoms with Crippen molar-refractivity contribution in [2.45, 2.75) is 19.8 Å². The Bertz CT molecular complexity index is 1020. The maximum Gasteiger partial charge on any atom is 0.352 e. The summed E-state index contributed by atoms with van der Waals surface area (Å²) < 4.78 is 5.69. The summed E-state index contributed by atoms with van der Waals surface area (Å²) in [5, 5.41) is 12.8. The molecule has 3 aromatic rings. The highest BCUT2D eigenvalue weighted by Gasteiger charge is 2.22. The number of carbonyl (C=O) groups is 2. The molecule has 0 atom stereocenters. The molecule has 2 aromatic carbocycles. The van der Waals surface area contributed by atoms with E-state index in [0.717, 1.165) is 28.8 Å². The van der Waals surface area contributed by atoms with E-state index in [2.05, 4.69) is 10.3 Å². The van der Waals surface area contributed by atoms with Gasteiger partial charge in [0.25, 0.3) is 5.91 Å². The van der Waals surface area contributed by atoms with Gasteiger partial charge in [0.15, 0.2) is 0 Å². The third-order valence-electron chi connectivity index (χ3n) is 4.85.